The average molecular weight is 691 g/mol. The highest BCUT2D eigenvalue weighted by Crippen LogP contribution is 2.60. The van der Waals surface area contributed by atoms with Gasteiger partial charge < -0.3 is 24.4 Å². The molecule has 5 aromatic rings. The summed E-state index contributed by atoms with van der Waals surface area (Å²) < 4.78 is 8.45. The molecule has 50 heavy (non-hydrogen) atoms. The van der Waals surface area contributed by atoms with E-state index in [9.17, 15) is 24.3 Å². The number of nitrogens with one attached hydrogen (secondary N) is 1. The van der Waals surface area contributed by atoms with Gasteiger partial charge in [-0.15, -0.1) is 0 Å². The van der Waals surface area contributed by atoms with Gasteiger partial charge in [0.05, 0.1) is 48.0 Å². The van der Waals surface area contributed by atoms with Crippen LogP contribution in [-0.2, 0) is 33.0 Å². The topological polar surface area (TPSA) is 128 Å². The second-order valence-electron chi connectivity index (χ2n) is 14.0. The Kier molecular flexibility index (Phi) is 8.85. The maximum Gasteiger partial charge on any atom is 0.279 e. The van der Waals surface area contributed by atoms with Gasteiger partial charge in [-0.2, -0.15) is 0 Å². The summed E-state index contributed by atoms with van der Waals surface area (Å²) in [5.74, 6) is -1.00. The zero-order chi connectivity index (χ0) is 35.2. The number of hydrogen-bond acceptors (Lipinski definition) is 6. The standard InChI is InChI=1S/C39H42N4O6Si/c1-26-36(50(2,3)48)34(23-35(45)41(20-21-44)24-27-12-6-4-7-13-27)49-39(26)31-22-29(43-37(46)30-16-10-11-17-32(30)40-43)18-19-33(31)42(38(39)47)25-28-14-8-5-9-15-28/h4-19,22,26,34,36,40,44,48H,20-21,23-25H2,1-3H3/t26-,34+,36-,39+/m1/s1. The zero-order valence-corrected chi connectivity index (χ0v) is 29.5. The van der Waals surface area contributed by atoms with Gasteiger partial charge in [0.1, 0.15) is 0 Å². The fraction of sp³-hybridized carbons (Fsp3) is 0.308. The molecule has 3 heterocycles. The lowest BCUT2D eigenvalue weighted by Crippen LogP contribution is -2.46. The van der Waals surface area contributed by atoms with Gasteiger partial charge in [-0.05, 0) is 54.6 Å². The number of fused-ring (bicyclic) bond motifs is 3. The molecule has 0 aliphatic carbocycles. The number of aliphatic hydroxyl groups excluding tert-OH is 1. The minimum atomic E-state index is -3.07. The number of amides is 2. The predicted octanol–water partition coefficient (Wildman–Crippen LogP) is 5.07. The van der Waals surface area contributed by atoms with Gasteiger partial charge in [0.15, 0.2) is 13.9 Å². The first-order valence-electron chi connectivity index (χ1n) is 17.1. The molecule has 7 rings (SSSR count). The van der Waals surface area contributed by atoms with Gasteiger partial charge in [-0.1, -0.05) is 79.7 Å². The maximum atomic E-state index is 15.0. The minimum Gasteiger partial charge on any atom is -0.432 e. The van der Waals surface area contributed by atoms with Crippen LogP contribution < -0.4 is 10.5 Å². The summed E-state index contributed by atoms with van der Waals surface area (Å²) in [4.78, 5) is 57.6. The molecular formula is C39H42N4O6Si. The van der Waals surface area contributed by atoms with Crippen molar-refractivity contribution in [3.05, 3.63) is 130 Å². The molecule has 1 fully saturated rings. The van der Waals surface area contributed by atoms with E-state index in [1.807, 2.05) is 117 Å². The molecule has 2 amide bonds. The lowest BCUT2D eigenvalue weighted by Gasteiger charge is -2.32. The number of carbonyl (C=O) groups excluding carboxylic acids is 2. The second-order valence-corrected chi connectivity index (χ2v) is 17.9. The highest BCUT2D eigenvalue weighted by molar-refractivity contribution is 6.71. The van der Waals surface area contributed by atoms with Crippen molar-refractivity contribution in [1.29, 1.82) is 0 Å². The Bertz CT molecular complexity index is 2090. The third-order valence-electron chi connectivity index (χ3n) is 10.3. The first kappa shape index (κ1) is 33.7. The van der Waals surface area contributed by atoms with Crippen LogP contribution in [0.25, 0.3) is 16.6 Å². The van der Waals surface area contributed by atoms with E-state index in [1.165, 1.54) is 4.68 Å². The molecule has 0 bridgehead atoms. The maximum absolute atomic E-state index is 15.0. The Morgan fingerprint density at radius 2 is 1.60 bits per heavy atom. The number of rotatable bonds is 10. The number of ether oxygens (including phenoxy) is 1. The third kappa shape index (κ3) is 5.79. The van der Waals surface area contributed by atoms with Crippen LogP contribution in [0.1, 0.15) is 30.0 Å². The molecule has 2 aliphatic heterocycles. The fourth-order valence-corrected chi connectivity index (χ4v) is 10.6. The number of hydrogen-bond donors (Lipinski definition) is 3. The summed E-state index contributed by atoms with van der Waals surface area (Å²) in [5, 5.41) is 13.6. The minimum absolute atomic E-state index is 0.0664. The number of para-hydroxylation sites is 1. The van der Waals surface area contributed by atoms with Crippen LogP contribution in [0.15, 0.2) is 108 Å². The Morgan fingerprint density at radius 3 is 2.26 bits per heavy atom. The second kappa shape index (κ2) is 13.1. The Balaban J connectivity index is 1.32. The van der Waals surface area contributed by atoms with Gasteiger partial charge >= 0.3 is 0 Å². The molecule has 0 unspecified atom stereocenters. The van der Waals surface area contributed by atoms with Crippen LogP contribution in [0.2, 0.25) is 18.6 Å². The lowest BCUT2D eigenvalue weighted by atomic mass is 9.82. The van der Waals surface area contributed by atoms with E-state index in [2.05, 4.69) is 5.10 Å². The molecule has 0 radical (unpaired) electrons. The summed E-state index contributed by atoms with van der Waals surface area (Å²) in [5.41, 5.74) is 2.15. The molecule has 11 heteroatoms. The van der Waals surface area contributed by atoms with Gasteiger partial charge in [0.25, 0.3) is 11.5 Å². The number of aliphatic hydroxyl groups is 1. The van der Waals surface area contributed by atoms with Crippen molar-refractivity contribution in [3.8, 4) is 5.69 Å². The van der Waals surface area contributed by atoms with Crippen molar-refractivity contribution in [1.82, 2.24) is 14.7 Å². The highest BCUT2D eigenvalue weighted by atomic mass is 28.4. The summed E-state index contributed by atoms with van der Waals surface area (Å²) >= 11 is 0. The number of benzene rings is 4. The van der Waals surface area contributed by atoms with Crippen molar-refractivity contribution in [3.63, 3.8) is 0 Å². The van der Waals surface area contributed by atoms with Crippen molar-refractivity contribution in [2.45, 2.75) is 56.8 Å². The number of H-pyrrole nitrogens is 1. The molecule has 258 valence electrons. The predicted molar refractivity (Wildman–Crippen MR) is 194 cm³/mol. The molecule has 2 aliphatic rings. The molecule has 1 aromatic heterocycles. The van der Waals surface area contributed by atoms with Crippen molar-refractivity contribution < 1.29 is 24.2 Å². The molecule has 4 atom stereocenters. The van der Waals surface area contributed by atoms with E-state index in [0.29, 0.717) is 40.9 Å². The third-order valence-corrected chi connectivity index (χ3v) is 12.8. The number of aromatic nitrogens is 2. The first-order valence-corrected chi connectivity index (χ1v) is 20.1. The van der Waals surface area contributed by atoms with E-state index < -0.39 is 31.5 Å². The molecule has 4 aromatic carbocycles. The van der Waals surface area contributed by atoms with E-state index in [0.717, 1.165) is 11.1 Å². The van der Waals surface area contributed by atoms with Crippen LogP contribution in [0.3, 0.4) is 0 Å². The fourth-order valence-electron chi connectivity index (χ4n) is 8.09. The SMILES string of the molecule is C[C@@H]1[C@@H]([Si](C)(C)O)[C@H](CC(=O)N(CCO)Cc2ccccc2)O[C@@]12C(=O)N(Cc1ccccc1)c1ccc(-n3[nH]c4ccccc4c3=O)cc12. The smallest absolute Gasteiger partial charge is 0.279 e. The van der Waals surface area contributed by atoms with Crippen molar-refractivity contribution in [2.24, 2.45) is 5.92 Å². The van der Waals surface area contributed by atoms with Crippen LogP contribution in [0.5, 0.6) is 0 Å². The van der Waals surface area contributed by atoms with E-state index in [4.69, 9.17) is 4.74 Å². The molecule has 3 N–H and O–H groups in total. The molecule has 1 saturated heterocycles. The van der Waals surface area contributed by atoms with E-state index in [1.54, 1.807) is 15.9 Å². The monoisotopic (exact) mass is 690 g/mol. The van der Waals surface area contributed by atoms with Gasteiger partial charge in [0.2, 0.25) is 5.91 Å². The quantitative estimate of drug-likeness (QED) is 0.176. The van der Waals surface area contributed by atoms with Gasteiger partial charge in [-0.3, -0.25) is 19.5 Å². The summed E-state index contributed by atoms with van der Waals surface area (Å²) in [6, 6.07) is 32.1. The zero-order valence-electron chi connectivity index (χ0n) is 28.5. The largest absolute Gasteiger partial charge is 0.432 e. The van der Waals surface area contributed by atoms with Crippen LogP contribution >= 0.6 is 0 Å². The summed E-state index contributed by atoms with van der Waals surface area (Å²) in [7, 11) is -3.07. The van der Waals surface area contributed by atoms with E-state index in [-0.39, 0.29) is 36.9 Å². The summed E-state index contributed by atoms with van der Waals surface area (Å²) in [6.45, 7) is 6.13. The van der Waals surface area contributed by atoms with Crippen LogP contribution in [0, 0.1) is 5.92 Å². The summed E-state index contributed by atoms with van der Waals surface area (Å²) in [6.07, 6.45) is -0.836. The Labute approximate surface area is 291 Å². The van der Waals surface area contributed by atoms with Gasteiger partial charge in [-0.25, -0.2) is 4.68 Å². The lowest BCUT2D eigenvalue weighted by molar-refractivity contribution is -0.150. The van der Waals surface area contributed by atoms with Crippen LogP contribution in [0.4, 0.5) is 5.69 Å². The van der Waals surface area contributed by atoms with Crippen LogP contribution in [-0.4, -0.2) is 64.0 Å². The Hall–Kier alpha value is -4.81. The first-order chi connectivity index (χ1) is 24.0. The number of nitrogens with zero attached hydrogens (tertiary/aromatic N) is 3. The average Bonchev–Trinajstić information content (AvgIpc) is 3.68. The molecule has 0 saturated carbocycles. The number of aromatic amines is 1. The van der Waals surface area contributed by atoms with E-state index >= 15 is 0 Å². The number of anilines is 1. The Morgan fingerprint density at radius 1 is 0.940 bits per heavy atom. The molecular weight excluding hydrogens is 649 g/mol. The number of carbonyl (C=O) groups is 2. The normalized spacial score (nSPS) is 21.7. The van der Waals surface area contributed by atoms with Crippen molar-refractivity contribution in [2.75, 3.05) is 18.1 Å². The molecule has 1 spiro atoms. The highest BCUT2D eigenvalue weighted by Gasteiger charge is 2.66. The molecule has 10 nitrogen and oxygen atoms in total. The van der Waals surface area contributed by atoms with Crippen molar-refractivity contribution >= 4 is 36.7 Å². The van der Waals surface area contributed by atoms with Gasteiger partial charge in [0, 0.05) is 30.1 Å².